The number of hydrogen-bond donors (Lipinski definition) is 0. The van der Waals surface area contributed by atoms with E-state index in [1.807, 2.05) is 0 Å². The summed E-state index contributed by atoms with van der Waals surface area (Å²) in [5.74, 6) is 4.94. The molecule has 60 heavy (non-hydrogen) atoms. The van der Waals surface area contributed by atoms with Crippen LogP contribution in [0.15, 0.2) is 36.4 Å². The first-order valence-corrected chi connectivity index (χ1v) is 24.9. The molecule has 0 fully saturated rings. The first-order chi connectivity index (χ1) is 29.6. The summed E-state index contributed by atoms with van der Waals surface area (Å²) in [7, 11) is 0. The predicted molar refractivity (Wildman–Crippen MR) is 257 cm³/mol. The predicted octanol–water partition coefficient (Wildman–Crippen LogP) is 16.9. The molecule has 0 aliphatic rings. The van der Waals surface area contributed by atoms with Gasteiger partial charge >= 0.3 is 0 Å². The first-order valence-electron chi connectivity index (χ1n) is 24.9. The lowest BCUT2D eigenvalue weighted by Crippen LogP contribution is -2.05. The third-order valence-electron chi connectivity index (χ3n) is 11.6. The molecular weight excluding hydrogens is 745 g/mol. The highest BCUT2D eigenvalue weighted by atomic mass is 16.5. The van der Waals surface area contributed by atoms with Gasteiger partial charge in [0.15, 0.2) is 23.0 Å². The molecule has 0 aromatic heterocycles. The Morgan fingerprint density at radius 2 is 0.517 bits per heavy atom. The van der Waals surface area contributed by atoms with E-state index in [-0.39, 0.29) is 0 Å². The zero-order valence-electron chi connectivity index (χ0n) is 39.1. The van der Waals surface area contributed by atoms with Crippen molar-refractivity contribution in [1.29, 1.82) is 0 Å². The van der Waals surface area contributed by atoms with Gasteiger partial charge in [0.2, 0.25) is 0 Å². The van der Waals surface area contributed by atoms with Gasteiger partial charge in [-0.2, -0.15) is 0 Å². The molecule has 4 aromatic carbocycles. The van der Waals surface area contributed by atoms with E-state index < -0.39 is 0 Å². The minimum atomic E-state index is 0.658. The van der Waals surface area contributed by atoms with Crippen molar-refractivity contribution in [2.24, 2.45) is 0 Å². The molecule has 4 rings (SSSR count). The van der Waals surface area contributed by atoms with Gasteiger partial charge in [-0.05, 0) is 95.8 Å². The molecule has 0 saturated heterocycles. The molecule has 0 aliphatic carbocycles. The van der Waals surface area contributed by atoms with E-state index >= 15 is 0 Å². The summed E-state index contributed by atoms with van der Waals surface area (Å²) in [6.45, 7) is 17.5. The Labute approximate surface area is 365 Å². The standard InChI is InChI=1S/C54H84O6/c1-7-13-19-25-31-55-43-37-47-45-40-50(57-33-27-21-15-9-3)49(56-32-26-20-14-8-2)39-44(45)46-41-51(58-34-28-22-16-10-4)52(59-35-29-23-17-11-5)42-48(46)54(47)53(38-43)60-36-30-24-18-12-6/h37-42H,7-36H2,1-6H3. The molecule has 6 nitrogen and oxygen atoms in total. The Bertz CT molecular complexity index is 1710. The zero-order chi connectivity index (χ0) is 42.6. The molecule has 0 atom stereocenters. The molecule has 0 amide bonds. The summed E-state index contributed by atoms with van der Waals surface area (Å²) in [6.07, 6.45) is 27.6. The monoisotopic (exact) mass is 829 g/mol. The summed E-state index contributed by atoms with van der Waals surface area (Å²) in [5.41, 5.74) is 0. The summed E-state index contributed by atoms with van der Waals surface area (Å²) >= 11 is 0. The van der Waals surface area contributed by atoms with E-state index in [1.54, 1.807) is 0 Å². The van der Waals surface area contributed by atoms with Crippen LogP contribution in [0.2, 0.25) is 0 Å². The number of ether oxygens (including phenoxy) is 6. The summed E-state index contributed by atoms with van der Waals surface area (Å²) in [4.78, 5) is 0. The molecule has 0 spiro atoms. The van der Waals surface area contributed by atoms with Crippen LogP contribution in [0.1, 0.15) is 196 Å². The molecule has 0 saturated carbocycles. The van der Waals surface area contributed by atoms with Gasteiger partial charge in [-0.3, -0.25) is 0 Å². The number of benzene rings is 4. The van der Waals surface area contributed by atoms with Crippen molar-refractivity contribution in [3.05, 3.63) is 36.4 Å². The van der Waals surface area contributed by atoms with Gasteiger partial charge in [-0.25, -0.2) is 0 Å². The van der Waals surface area contributed by atoms with Gasteiger partial charge in [0.1, 0.15) is 11.5 Å². The van der Waals surface area contributed by atoms with Gasteiger partial charge in [0.05, 0.1) is 39.6 Å². The van der Waals surface area contributed by atoms with Crippen molar-refractivity contribution in [3.63, 3.8) is 0 Å². The molecule has 6 heteroatoms. The van der Waals surface area contributed by atoms with E-state index in [2.05, 4.69) is 77.9 Å². The van der Waals surface area contributed by atoms with Crippen LogP contribution >= 0.6 is 0 Å². The van der Waals surface area contributed by atoms with E-state index in [0.29, 0.717) is 39.6 Å². The normalized spacial score (nSPS) is 11.5. The summed E-state index contributed by atoms with van der Waals surface area (Å²) in [6, 6.07) is 13.3. The van der Waals surface area contributed by atoms with Crippen LogP contribution in [0.4, 0.5) is 0 Å². The third kappa shape index (κ3) is 16.1. The van der Waals surface area contributed by atoms with Crippen LogP contribution in [0.5, 0.6) is 34.5 Å². The minimum Gasteiger partial charge on any atom is -0.493 e. The summed E-state index contributed by atoms with van der Waals surface area (Å²) in [5, 5.41) is 6.60. The van der Waals surface area contributed by atoms with Crippen LogP contribution < -0.4 is 28.4 Å². The van der Waals surface area contributed by atoms with Crippen molar-refractivity contribution >= 4 is 32.3 Å². The van der Waals surface area contributed by atoms with Gasteiger partial charge in [0.25, 0.3) is 0 Å². The smallest absolute Gasteiger partial charge is 0.161 e. The Morgan fingerprint density at radius 3 is 0.850 bits per heavy atom. The average molecular weight is 829 g/mol. The fraction of sp³-hybridized carbons (Fsp3) is 0.667. The second-order valence-corrected chi connectivity index (χ2v) is 17.0. The second kappa shape index (κ2) is 29.7. The van der Waals surface area contributed by atoms with Crippen LogP contribution in [-0.2, 0) is 0 Å². The number of rotatable bonds is 36. The fourth-order valence-electron chi connectivity index (χ4n) is 8.00. The molecule has 4 aromatic rings. The lowest BCUT2D eigenvalue weighted by atomic mass is 9.92. The van der Waals surface area contributed by atoms with Gasteiger partial charge < -0.3 is 28.4 Å². The molecule has 336 valence electrons. The summed E-state index contributed by atoms with van der Waals surface area (Å²) < 4.78 is 40.1. The van der Waals surface area contributed by atoms with E-state index in [0.717, 1.165) is 137 Å². The number of fused-ring (bicyclic) bond motifs is 6. The number of unbranched alkanes of at least 4 members (excludes halogenated alkanes) is 18. The molecule has 0 bridgehead atoms. The Morgan fingerprint density at radius 1 is 0.250 bits per heavy atom. The Kier molecular flexibility index (Phi) is 24.3. The topological polar surface area (TPSA) is 55.4 Å². The van der Waals surface area contributed by atoms with Gasteiger partial charge in [0, 0.05) is 11.5 Å². The van der Waals surface area contributed by atoms with Crippen molar-refractivity contribution < 1.29 is 28.4 Å². The second-order valence-electron chi connectivity index (χ2n) is 17.0. The highest BCUT2D eigenvalue weighted by Gasteiger charge is 2.21. The molecule has 0 unspecified atom stereocenters. The molecule has 0 heterocycles. The van der Waals surface area contributed by atoms with E-state index in [9.17, 15) is 0 Å². The number of hydrogen-bond acceptors (Lipinski definition) is 6. The SMILES string of the molecule is CCCCCCOc1cc(OCCCCCC)c2c(c1)c1cc(OCCCCCC)c(OCCCCCC)cc1c1cc(OCCCCCC)c(OCCCCCC)cc12. The largest absolute Gasteiger partial charge is 0.493 e. The molecule has 0 aliphatic heterocycles. The van der Waals surface area contributed by atoms with Crippen LogP contribution in [0, 0.1) is 0 Å². The lowest BCUT2D eigenvalue weighted by Gasteiger charge is -2.21. The maximum Gasteiger partial charge on any atom is 0.161 e. The fourth-order valence-corrected chi connectivity index (χ4v) is 8.00. The van der Waals surface area contributed by atoms with Gasteiger partial charge in [-0.15, -0.1) is 0 Å². The van der Waals surface area contributed by atoms with Crippen molar-refractivity contribution in [3.8, 4) is 34.5 Å². The average Bonchev–Trinajstić information content (AvgIpc) is 3.26. The third-order valence-corrected chi connectivity index (χ3v) is 11.6. The maximum atomic E-state index is 6.84. The van der Waals surface area contributed by atoms with Crippen molar-refractivity contribution in [2.45, 2.75) is 196 Å². The minimum absolute atomic E-state index is 0.658. The van der Waals surface area contributed by atoms with E-state index in [1.165, 1.54) is 83.5 Å². The van der Waals surface area contributed by atoms with Crippen molar-refractivity contribution in [2.75, 3.05) is 39.6 Å². The van der Waals surface area contributed by atoms with Gasteiger partial charge in [-0.1, -0.05) is 157 Å². The Balaban J connectivity index is 1.97. The molecule has 0 radical (unpaired) electrons. The van der Waals surface area contributed by atoms with Crippen molar-refractivity contribution in [1.82, 2.24) is 0 Å². The quantitative estimate of drug-likeness (QED) is 0.0336. The zero-order valence-corrected chi connectivity index (χ0v) is 39.1. The Hall–Kier alpha value is -3.54. The van der Waals surface area contributed by atoms with Crippen LogP contribution in [0.3, 0.4) is 0 Å². The maximum absolute atomic E-state index is 6.84. The first kappa shape index (κ1) is 49.1. The lowest BCUT2D eigenvalue weighted by molar-refractivity contribution is 0.259. The molecule has 0 N–H and O–H groups in total. The van der Waals surface area contributed by atoms with E-state index in [4.69, 9.17) is 28.4 Å². The molecular formula is C54H84O6. The highest BCUT2D eigenvalue weighted by Crippen LogP contribution is 2.48. The highest BCUT2D eigenvalue weighted by molar-refractivity contribution is 6.28. The van der Waals surface area contributed by atoms with Crippen LogP contribution in [0.25, 0.3) is 32.3 Å². The van der Waals surface area contributed by atoms with Crippen LogP contribution in [-0.4, -0.2) is 39.6 Å².